The highest BCUT2D eigenvalue weighted by atomic mass is 16.4. The van der Waals surface area contributed by atoms with Crippen LogP contribution in [-0.4, -0.2) is 36.5 Å². The maximum atomic E-state index is 9.78. The van der Waals surface area contributed by atoms with Crippen LogP contribution < -0.4 is 5.32 Å². The van der Waals surface area contributed by atoms with Gasteiger partial charge < -0.3 is 15.6 Å². The van der Waals surface area contributed by atoms with E-state index in [0.717, 1.165) is 52.5 Å². The summed E-state index contributed by atoms with van der Waals surface area (Å²) in [7, 11) is 0. The van der Waals surface area contributed by atoms with Gasteiger partial charge in [-0.1, -0.05) is 11.2 Å². The average Bonchev–Trinajstić information content (AvgIpc) is 3.16. The topological polar surface area (TPSA) is 95.0 Å². The first-order valence-electron chi connectivity index (χ1n) is 8.26. The fourth-order valence-corrected chi connectivity index (χ4v) is 3.30. The van der Waals surface area contributed by atoms with Crippen molar-refractivity contribution in [1.29, 1.82) is 0 Å². The molecule has 1 atom stereocenters. The van der Waals surface area contributed by atoms with E-state index in [-0.39, 0.29) is 0 Å². The number of fused-ring (bicyclic) bond motifs is 2. The van der Waals surface area contributed by atoms with E-state index in [4.69, 9.17) is 5.21 Å². The second-order valence-electron chi connectivity index (χ2n) is 6.31. The largest absolute Gasteiger partial charge is 0.411 e. The third-order valence-corrected chi connectivity index (χ3v) is 4.42. The normalized spacial score (nSPS) is 16.3. The molecular formula is C18H19N5O2. The Bertz CT molecular complexity index is 961. The van der Waals surface area contributed by atoms with Gasteiger partial charge in [0.1, 0.15) is 5.82 Å². The lowest BCUT2D eigenvalue weighted by Crippen LogP contribution is -2.07. The highest BCUT2D eigenvalue weighted by Crippen LogP contribution is 2.29. The van der Waals surface area contributed by atoms with Gasteiger partial charge >= 0.3 is 0 Å². The van der Waals surface area contributed by atoms with Crippen molar-refractivity contribution < 1.29 is 10.3 Å². The Morgan fingerprint density at radius 1 is 1.36 bits per heavy atom. The van der Waals surface area contributed by atoms with Crippen LogP contribution in [0.2, 0.25) is 0 Å². The van der Waals surface area contributed by atoms with Crippen LogP contribution in [0.5, 0.6) is 0 Å². The Kier molecular flexibility index (Phi) is 3.85. The minimum absolute atomic E-state index is 0.455. The summed E-state index contributed by atoms with van der Waals surface area (Å²) in [6, 6.07) is 6.00. The van der Waals surface area contributed by atoms with E-state index in [1.807, 2.05) is 22.7 Å². The van der Waals surface area contributed by atoms with Crippen LogP contribution in [0.25, 0.3) is 5.65 Å². The number of nitrogens with one attached hydrogen (secondary N) is 1. The van der Waals surface area contributed by atoms with Gasteiger partial charge in [-0.15, -0.1) is 0 Å². The lowest BCUT2D eigenvalue weighted by atomic mass is 10.1. The van der Waals surface area contributed by atoms with Crippen LogP contribution in [0.4, 0.5) is 11.5 Å². The Morgan fingerprint density at radius 2 is 2.24 bits per heavy atom. The number of rotatable bonds is 4. The van der Waals surface area contributed by atoms with Gasteiger partial charge in [0.15, 0.2) is 5.65 Å². The molecular weight excluding hydrogens is 318 g/mol. The van der Waals surface area contributed by atoms with Crippen LogP contribution in [0, 0.1) is 0 Å². The SMILES string of the molecule is CC(O)Cc1nc2cnccn2c1Nc1ccc2c(c1)CCC2=NO. The summed E-state index contributed by atoms with van der Waals surface area (Å²) in [6.45, 7) is 1.75. The summed E-state index contributed by atoms with van der Waals surface area (Å²) in [5, 5.41) is 25.6. The summed E-state index contributed by atoms with van der Waals surface area (Å²) < 4.78 is 1.93. The molecule has 7 nitrogen and oxygen atoms in total. The standard InChI is InChI=1S/C18H19N5O2/c1-11(24)8-16-18(23-7-6-19-10-17(23)21-16)20-13-3-4-14-12(9-13)2-5-15(14)22-25/h3-4,6-7,9-11,20,24-25H,2,5,8H2,1H3. The van der Waals surface area contributed by atoms with Gasteiger partial charge in [0.2, 0.25) is 0 Å². The molecule has 1 aliphatic rings. The summed E-state index contributed by atoms with van der Waals surface area (Å²) >= 11 is 0. The second-order valence-corrected chi connectivity index (χ2v) is 6.31. The monoisotopic (exact) mass is 337 g/mol. The molecule has 0 aliphatic heterocycles. The first-order valence-corrected chi connectivity index (χ1v) is 8.26. The number of aliphatic hydroxyl groups is 1. The van der Waals surface area contributed by atoms with E-state index in [0.29, 0.717) is 6.42 Å². The lowest BCUT2D eigenvalue weighted by molar-refractivity contribution is 0.194. The van der Waals surface area contributed by atoms with E-state index >= 15 is 0 Å². The molecule has 0 saturated heterocycles. The van der Waals surface area contributed by atoms with Crippen molar-refractivity contribution in [3.8, 4) is 0 Å². The second kappa shape index (κ2) is 6.18. The Balaban J connectivity index is 1.73. The van der Waals surface area contributed by atoms with Gasteiger partial charge in [-0.2, -0.15) is 0 Å². The molecule has 1 unspecified atom stereocenters. The minimum Gasteiger partial charge on any atom is -0.411 e. The van der Waals surface area contributed by atoms with Crippen molar-refractivity contribution in [2.24, 2.45) is 5.16 Å². The minimum atomic E-state index is -0.484. The van der Waals surface area contributed by atoms with Gasteiger partial charge in [0.25, 0.3) is 0 Å². The number of anilines is 2. The molecule has 3 aromatic rings. The van der Waals surface area contributed by atoms with Crippen molar-refractivity contribution >= 4 is 22.9 Å². The lowest BCUT2D eigenvalue weighted by Gasteiger charge is -2.11. The molecule has 7 heteroatoms. The summed E-state index contributed by atoms with van der Waals surface area (Å²) in [5.41, 5.74) is 5.35. The van der Waals surface area contributed by atoms with E-state index in [2.05, 4.69) is 26.5 Å². The van der Waals surface area contributed by atoms with Crippen molar-refractivity contribution in [2.75, 3.05) is 5.32 Å². The van der Waals surface area contributed by atoms with E-state index < -0.39 is 6.10 Å². The molecule has 4 rings (SSSR count). The van der Waals surface area contributed by atoms with E-state index in [9.17, 15) is 5.11 Å². The van der Waals surface area contributed by atoms with Gasteiger partial charge in [0, 0.05) is 30.1 Å². The van der Waals surface area contributed by atoms with Gasteiger partial charge in [0.05, 0.1) is 23.7 Å². The molecule has 0 bridgehead atoms. The zero-order valence-electron chi connectivity index (χ0n) is 13.8. The first-order chi connectivity index (χ1) is 12.2. The molecule has 0 spiro atoms. The molecule has 128 valence electrons. The summed E-state index contributed by atoms with van der Waals surface area (Å²) in [5.74, 6) is 0.826. The quantitative estimate of drug-likeness (QED) is 0.502. The number of nitrogens with zero attached hydrogens (tertiary/aromatic N) is 4. The van der Waals surface area contributed by atoms with Crippen molar-refractivity contribution in [2.45, 2.75) is 32.3 Å². The number of aryl methyl sites for hydroxylation is 1. The third kappa shape index (κ3) is 2.83. The Morgan fingerprint density at radius 3 is 3.04 bits per heavy atom. The highest BCUT2D eigenvalue weighted by molar-refractivity contribution is 6.04. The maximum Gasteiger partial charge on any atom is 0.157 e. The first kappa shape index (κ1) is 15.6. The predicted molar refractivity (Wildman–Crippen MR) is 94.7 cm³/mol. The number of oxime groups is 1. The van der Waals surface area contributed by atoms with Crippen LogP contribution in [0.1, 0.15) is 30.2 Å². The molecule has 0 radical (unpaired) electrons. The average molecular weight is 337 g/mol. The number of hydrogen-bond acceptors (Lipinski definition) is 6. The summed E-state index contributed by atoms with van der Waals surface area (Å²) in [4.78, 5) is 8.68. The molecule has 2 heterocycles. The van der Waals surface area contributed by atoms with Gasteiger partial charge in [-0.05, 0) is 37.5 Å². The molecule has 1 aliphatic carbocycles. The summed E-state index contributed by atoms with van der Waals surface area (Å²) in [6.07, 6.45) is 6.84. The molecule has 0 amide bonds. The fourth-order valence-electron chi connectivity index (χ4n) is 3.30. The number of aliphatic hydroxyl groups excluding tert-OH is 1. The number of hydrogen-bond donors (Lipinski definition) is 3. The molecule has 1 aromatic carbocycles. The number of aromatic nitrogens is 3. The molecule has 0 saturated carbocycles. The van der Waals surface area contributed by atoms with Crippen LogP contribution in [0.3, 0.4) is 0 Å². The van der Waals surface area contributed by atoms with Crippen LogP contribution in [0.15, 0.2) is 41.9 Å². The molecule has 2 aromatic heterocycles. The van der Waals surface area contributed by atoms with Gasteiger partial charge in [-0.3, -0.25) is 9.38 Å². The predicted octanol–water partition coefficient (Wildman–Crippen LogP) is 2.52. The maximum absolute atomic E-state index is 9.78. The molecule has 25 heavy (non-hydrogen) atoms. The van der Waals surface area contributed by atoms with Crippen LogP contribution in [-0.2, 0) is 12.8 Å². The molecule has 3 N–H and O–H groups in total. The zero-order valence-corrected chi connectivity index (χ0v) is 13.8. The Labute approximate surface area is 144 Å². The number of benzene rings is 1. The van der Waals surface area contributed by atoms with Crippen molar-refractivity contribution in [3.63, 3.8) is 0 Å². The van der Waals surface area contributed by atoms with Gasteiger partial charge in [-0.25, -0.2) is 4.98 Å². The highest BCUT2D eigenvalue weighted by Gasteiger charge is 2.19. The van der Waals surface area contributed by atoms with Crippen molar-refractivity contribution in [3.05, 3.63) is 53.6 Å². The smallest absolute Gasteiger partial charge is 0.157 e. The molecule has 0 fully saturated rings. The van der Waals surface area contributed by atoms with E-state index in [1.54, 1.807) is 19.3 Å². The Hall–Kier alpha value is -2.93. The fraction of sp³-hybridized carbons (Fsp3) is 0.278. The van der Waals surface area contributed by atoms with Crippen molar-refractivity contribution in [1.82, 2.24) is 14.4 Å². The number of imidazole rings is 1. The zero-order chi connectivity index (χ0) is 17.4. The van der Waals surface area contributed by atoms with Crippen LogP contribution >= 0.6 is 0 Å². The third-order valence-electron chi connectivity index (χ3n) is 4.42. The van der Waals surface area contributed by atoms with E-state index in [1.165, 1.54) is 0 Å².